The van der Waals surface area contributed by atoms with Gasteiger partial charge in [-0.25, -0.2) is 0 Å². The molecule has 0 heterocycles. The standard InChI is InChI=1S/C14H20ClNO2/c1-5-12(16-6-2)13(17)11-8-10(15)7-9(3)14(11)18-4/h7-8,12,16H,5-6H2,1-4H3. The zero-order valence-corrected chi connectivity index (χ0v) is 12.1. The smallest absolute Gasteiger partial charge is 0.183 e. The summed E-state index contributed by atoms with van der Waals surface area (Å²) in [6, 6.07) is 3.28. The fraction of sp³-hybridized carbons (Fsp3) is 0.500. The molecule has 0 saturated carbocycles. The number of likely N-dealkylation sites (N-methyl/N-ethyl adjacent to an activating group) is 1. The maximum absolute atomic E-state index is 12.4. The second-order valence-corrected chi connectivity index (χ2v) is 4.62. The number of methoxy groups -OCH3 is 1. The Morgan fingerprint density at radius 2 is 2.11 bits per heavy atom. The van der Waals surface area contributed by atoms with Gasteiger partial charge in [0, 0.05) is 5.02 Å². The van der Waals surface area contributed by atoms with Crippen molar-refractivity contribution in [2.45, 2.75) is 33.2 Å². The van der Waals surface area contributed by atoms with Gasteiger partial charge in [0.2, 0.25) is 0 Å². The minimum Gasteiger partial charge on any atom is -0.496 e. The van der Waals surface area contributed by atoms with E-state index >= 15 is 0 Å². The van der Waals surface area contributed by atoms with Crippen LogP contribution in [-0.2, 0) is 0 Å². The van der Waals surface area contributed by atoms with Gasteiger partial charge in [-0.05, 0) is 37.6 Å². The highest BCUT2D eigenvalue weighted by Crippen LogP contribution is 2.28. The molecule has 1 unspecified atom stereocenters. The van der Waals surface area contributed by atoms with Crippen LogP contribution in [0.4, 0.5) is 0 Å². The summed E-state index contributed by atoms with van der Waals surface area (Å²) in [5, 5.41) is 3.73. The van der Waals surface area contributed by atoms with Crippen LogP contribution in [0.1, 0.15) is 36.2 Å². The van der Waals surface area contributed by atoms with Gasteiger partial charge in [0.15, 0.2) is 5.78 Å². The number of aryl methyl sites for hydroxylation is 1. The van der Waals surface area contributed by atoms with E-state index in [4.69, 9.17) is 16.3 Å². The summed E-state index contributed by atoms with van der Waals surface area (Å²) < 4.78 is 5.32. The van der Waals surface area contributed by atoms with E-state index in [0.717, 1.165) is 18.5 Å². The van der Waals surface area contributed by atoms with E-state index in [1.165, 1.54) is 0 Å². The van der Waals surface area contributed by atoms with E-state index in [1.54, 1.807) is 19.2 Å². The van der Waals surface area contributed by atoms with Gasteiger partial charge in [-0.1, -0.05) is 25.4 Å². The summed E-state index contributed by atoms with van der Waals surface area (Å²) in [6.45, 7) is 6.60. The van der Waals surface area contributed by atoms with Crippen molar-refractivity contribution >= 4 is 17.4 Å². The van der Waals surface area contributed by atoms with Gasteiger partial charge in [0.25, 0.3) is 0 Å². The summed E-state index contributed by atoms with van der Waals surface area (Å²) in [7, 11) is 1.57. The monoisotopic (exact) mass is 269 g/mol. The fourth-order valence-corrected chi connectivity index (χ4v) is 2.31. The van der Waals surface area contributed by atoms with Crippen molar-refractivity contribution in [3.63, 3.8) is 0 Å². The lowest BCUT2D eigenvalue weighted by Gasteiger charge is -2.17. The van der Waals surface area contributed by atoms with Crippen molar-refractivity contribution in [2.24, 2.45) is 0 Å². The third-order valence-electron chi connectivity index (χ3n) is 2.88. The molecular weight excluding hydrogens is 250 g/mol. The van der Waals surface area contributed by atoms with Gasteiger partial charge in [-0.3, -0.25) is 4.79 Å². The van der Waals surface area contributed by atoms with Gasteiger partial charge in [0.05, 0.1) is 18.7 Å². The predicted octanol–water partition coefficient (Wildman–Crippen LogP) is 3.23. The predicted molar refractivity (Wildman–Crippen MR) is 74.8 cm³/mol. The average molecular weight is 270 g/mol. The first kappa shape index (κ1) is 15.0. The Kier molecular flexibility index (Phi) is 5.63. The largest absolute Gasteiger partial charge is 0.496 e. The third kappa shape index (κ3) is 3.24. The highest BCUT2D eigenvalue weighted by molar-refractivity contribution is 6.31. The van der Waals surface area contributed by atoms with Crippen LogP contribution in [0.3, 0.4) is 0 Å². The fourth-order valence-electron chi connectivity index (χ4n) is 2.04. The van der Waals surface area contributed by atoms with Crippen molar-refractivity contribution in [2.75, 3.05) is 13.7 Å². The molecule has 0 fully saturated rings. The summed E-state index contributed by atoms with van der Waals surface area (Å²) in [5.74, 6) is 0.641. The molecule has 1 aromatic rings. The van der Waals surface area contributed by atoms with Crippen LogP contribution >= 0.6 is 11.6 Å². The second-order valence-electron chi connectivity index (χ2n) is 4.19. The molecule has 4 heteroatoms. The van der Waals surface area contributed by atoms with Gasteiger partial charge in [-0.15, -0.1) is 0 Å². The Morgan fingerprint density at radius 1 is 1.44 bits per heavy atom. The summed E-state index contributed by atoms with van der Waals surface area (Å²) >= 11 is 6.02. The first-order valence-electron chi connectivity index (χ1n) is 6.16. The molecule has 0 aliphatic rings. The Hall–Kier alpha value is -1.06. The number of ketones is 1. The molecule has 0 amide bonds. The van der Waals surface area contributed by atoms with Crippen molar-refractivity contribution in [3.8, 4) is 5.75 Å². The Labute approximate surface area is 113 Å². The van der Waals surface area contributed by atoms with E-state index in [9.17, 15) is 4.79 Å². The van der Waals surface area contributed by atoms with Gasteiger partial charge < -0.3 is 10.1 Å². The van der Waals surface area contributed by atoms with Crippen molar-refractivity contribution in [3.05, 3.63) is 28.3 Å². The molecule has 0 bridgehead atoms. The molecule has 18 heavy (non-hydrogen) atoms. The number of benzene rings is 1. The quantitative estimate of drug-likeness (QED) is 0.806. The lowest BCUT2D eigenvalue weighted by molar-refractivity contribution is 0.0938. The van der Waals surface area contributed by atoms with Gasteiger partial charge >= 0.3 is 0 Å². The molecule has 0 aliphatic heterocycles. The first-order chi connectivity index (χ1) is 8.54. The molecule has 0 radical (unpaired) electrons. The summed E-state index contributed by atoms with van der Waals surface area (Å²) in [4.78, 5) is 12.4. The number of nitrogens with one attached hydrogen (secondary N) is 1. The van der Waals surface area contributed by atoms with E-state index in [2.05, 4.69) is 5.32 Å². The van der Waals surface area contributed by atoms with Crippen LogP contribution in [-0.4, -0.2) is 25.5 Å². The Bertz CT molecular complexity index is 432. The molecule has 0 saturated heterocycles. The average Bonchev–Trinajstić information content (AvgIpc) is 2.34. The number of hydrogen-bond acceptors (Lipinski definition) is 3. The van der Waals surface area contributed by atoms with Crippen LogP contribution in [0.5, 0.6) is 5.75 Å². The van der Waals surface area contributed by atoms with Gasteiger partial charge in [-0.2, -0.15) is 0 Å². The number of carbonyl (C=O) groups excluding carboxylic acids is 1. The highest BCUT2D eigenvalue weighted by Gasteiger charge is 2.22. The normalized spacial score (nSPS) is 12.3. The second kappa shape index (κ2) is 6.76. The molecule has 1 atom stereocenters. The molecule has 0 aromatic heterocycles. The topological polar surface area (TPSA) is 38.3 Å². The summed E-state index contributed by atoms with van der Waals surface area (Å²) in [6.07, 6.45) is 0.737. The first-order valence-corrected chi connectivity index (χ1v) is 6.54. The van der Waals surface area contributed by atoms with Crippen molar-refractivity contribution in [1.29, 1.82) is 0 Å². The molecular formula is C14H20ClNO2. The Morgan fingerprint density at radius 3 is 2.61 bits per heavy atom. The number of ether oxygens (including phenoxy) is 1. The highest BCUT2D eigenvalue weighted by atomic mass is 35.5. The molecule has 1 N–H and O–H groups in total. The number of Topliss-reactive ketones (excluding diaryl/α,β-unsaturated/α-hetero) is 1. The molecule has 1 aromatic carbocycles. The number of hydrogen-bond donors (Lipinski definition) is 1. The van der Waals surface area contributed by atoms with Crippen molar-refractivity contribution < 1.29 is 9.53 Å². The van der Waals surface area contributed by atoms with Crippen LogP contribution in [0.15, 0.2) is 12.1 Å². The van der Waals surface area contributed by atoms with E-state index in [0.29, 0.717) is 16.3 Å². The minimum absolute atomic E-state index is 0.0294. The number of carbonyl (C=O) groups is 1. The molecule has 0 aliphatic carbocycles. The maximum Gasteiger partial charge on any atom is 0.183 e. The van der Waals surface area contributed by atoms with Gasteiger partial charge in [0.1, 0.15) is 5.75 Å². The number of rotatable bonds is 6. The van der Waals surface area contributed by atoms with E-state index < -0.39 is 0 Å². The molecule has 0 spiro atoms. The molecule has 1 rings (SSSR count). The SMILES string of the molecule is CCNC(CC)C(=O)c1cc(Cl)cc(C)c1OC. The summed E-state index contributed by atoms with van der Waals surface area (Å²) in [5.41, 5.74) is 1.43. The van der Waals surface area contributed by atoms with Crippen molar-refractivity contribution in [1.82, 2.24) is 5.32 Å². The zero-order chi connectivity index (χ0) is 13.7. The Balaban J connectivity index is 3.18. The molecule has 100 valence electrons. The minimum atomic E-state index is -0.193. The third-order valence-corrected chi connectivity index (χ3v) is 3.10. The van der Waals surface area contributed by atoms with E-state index in [-0.39, 0.29) is 11.8 Å². The number of halogens is 1. The zero-order valence-electron chi connectivity index (χ0n) is 11.3. The molecule has 3 nitrogen and oxygen atoms in total. The maximum atomic E-state index is 12.4. The van der Waals surface area contributed by atoms with Crippen LogP contribution in [0.25, 0.3) is 0 Å². The van der Waals surface area contributed by atoms with Crippen LogP contribution in [0.2, 0.25) is 5.02 Å². The van der Waals surface area contributed by atoms with Crippen LogP contribution in [0, 0.1) is 6.92 Å². The lowest BCUT2D eigenvalue weighted by Crippen LogP contribution is -2.36. The van der Waals surface area contributed by atoms with Crippen LogP contribution < -0.4 is 10.1 Å². The lowest BCUT2D eigenvalue weighted by atomic mass is 9.99. The van der Waals surface area contributed by atoms with E-state index in [1.807, 2.05) is 20.8 Å².